The third kappa shape index (κ3) is 5.68. The van der Waals surface area contributed by atoms with Crippen molar-refractivity contribution in [3.05, 3.63) is 69.9 Å². The van der Waals surface area contributed by atoms with Gasteiger partial charge >= 0.3 is 12.2 Å². The summed E-state index contributed by atoms with van der Waals surface area (Å²) in [6.07, 6.45) is -3.12. The van der Waals surface area contributed by atoms with Gasteiger partial charge in [-0.15, -0.1) is 10.2 Å². The maximum atomic E-state index is 13.0. The highest BCUT2D eigenvalue weighted by molar-refractivity contribution is 7.13. The van der Waals surface area contributed by atoms with E-state index < -0.39 is 29.5 Å². The summed E-state index contributed by atoms with van der Waals surface area (Å²) in [6, 6.07) is 9.24. The molecule has 1 aliphatic heterocycles. The number of amides is 3. The molecular weight excluding hydrogens is 474 g/mol. The van der Waals surface area contributed by atoms with Crippen LogP contribution >= 0.6 is 11.3 Å². The monoisotopic (exact) mass is 493 g/mol. The number of hydrogen-bond acceptors (Lipinski definition) is 5. The predicted octanol–water partition coefficient (Wildman–Crippen LogP) is 5.36. The molecule has 3 amide bonds. The molecule has 3 aromatic rings. The zero-order chi connectivity index (χ0) is 24.3. The van der Waals surface area contributed by atoms with E-state index in [4.69, 9.17) is 0 Å². The number of nitrogens with one attached hydrogen (secondary N) is 2. The number of nitrogens with zero attached hydrogens (tertiary/aromatic N) is 3. The molecule has 0 bridgehead atoms. The summed E-state index contributed by atoms with van der Waals surface area (Å²) in [5, 5.41) is 13.9. The molecule has 2 aromatic carbocycles. The van der Waals surface area contributed by atoms with Crippen LogP contribution in [0.4, 0.5) is 33.7 Å². The van der Waals surface area contributed by atoms with Gasteiger partial charge in [-0.05, 0) is 55.3 Å². The van der Waals surface area contributed by atoms with Crippen LogP contribution in [0.3, 0.4) is 0 Å². The van der Waals surface area contributed by atoms with E-state index in [-0.39, 0.29) is 16.6 Å². The second-order valence-corrected chi connectivity index (χ2v) is 8.71. The summed E-state index contributed by atoms with van der Waals surface area (Å²) in [6.45, 7) is 0.733. The van der Waals surface area contributed by atoms with Gasteiger partial charge in [0, 0.05) is 30.4 Å². The number of rotatable bonds is 4. The quantitative estimate of drug-likeness (QED) is 0.479. The average Bonchev–Trinajstić information content (AvgIpc) is 3.31. The zero-order valence-corrected chi connectivity index (χ0v) is 18.4. The SMILES string of the molecule is O=C(Nc1ccc(F)cc1)c1nnc([C@@H]2CCCN(C(=O)Nc3cccc(C(F)(F)F)c3)C2)s1. The Morgan fingerprint density at radius 1 is 1.03 bits per heavy atom. The predicted molar refractivity (Wildman–Crippen MR) is 118 cm³/mol. The van der Waals surface area contributed by atoms with Crippen molar-refractivity contribution in [3.8, 4) is 0 Å². The summed E-state index contributed by atoms with van der Waals surface area (Å²) in [5.74, 6) is -1.06. The van der Waals surface area contributed by atoms with Crippen LogP contribution in [0.25, 0.3) is 0 Å². The Hall–Kier alpha value is -3.54. The lowest BCUT2D eigenvalue weighted by Gasteiger charge is -2.31. The van der Waals surface area contributed by atoms with E-state index in [2.05, 4.69) is 20.8 Å². The highest BCUT2D eigenvalue weighted by Gasteiger charge is 2.31. The van der Waals surface area contributed by atoms with Crippen molar-refractivity contribution in [1.29, 1.82) is 0 Å². The highest BCUT2D eigenvalue weighted by Crippen LogP contribution is 2.32. The lowest BCUT2D eigenvalue weighted by molar-refractivity contribution is -0.137. The largest absolute Gasteiger partial charge is 0.416 e. The molecule has 0 saturated carbocycles. The third-order valence-electron chi connectivity index (χ3n) is 5.24. The minimum Gasteiger partial charge on any atom is -0.324 e. The molecule has 0 spiro atoms. The molecule has 1 aliphatic rings. The standard InChI is InChI=1S/C22H19F4N5O2S/c23-15-6-8-16(9-7-15)27-18(32)20-30-29-19(34-20)13-3-2-10-31(12-13)21(33)28-17-5-1-4-14(11-17)22(24,25)26/h1,4-9,11,13H,2-3,10,12H2,(H,27,32)(H,28,33)/t13-/m1/s1. The number of anilines is 2. The maximum absolute atomic E-state index is 13.0. The number of piperidine rings is 1. The smallest absolute Gasteiger partial charge is 0.324 e. The van der Waals surface area contributed by atoms with Gasteiger partial charge in [0.05, 0.1) is 5.56 Å². The van der Waals surface area contributed by atoms with Crippen molar-refractivity contribution in [2.24, 2.45) is 0 Å². The Labute approximate surface area is 195 Å². The molecule has 1 atom stereocenters. The maximum Gasteiger partial charge on any atom is 0.416 e. The number of carbonyl (C=O) groups excluding carboxylic acids is 2. The van der Waals surface area contributed by atoms with Gasteiger partial charge in [0.1, 0.15) is 10.8 Å². The fourth-order valence-electron chi connectivity index (χ4n) is 3.55. The molecule has 7 nitrogen and oxygen atoms in total. The van der Waals surface area contributed by atoms with Gasteiger partial charge < -0.3 is 15.5 Å². The normalized spacial score (nSPS) is 16.2. The summed E-state index contributed by atoms with van der Waals surface area (Å²) in [4.78, 5) is 26.6. The van der Waals surface area contributed by atoms with Crippen molar-refractivity contribution in [2.75, 3.05) is 23.7 Å². The molecule has 2 heterocycles. The van der Waals surface area contributed by atoms with Crippen LogP contribution in [0, 0.1) is 5.82 Å². The number of hydrogen-bond donors (Lipinski definition) is 2. The Morgan fingerprint density at radius 2 is 1.79 bits per heavy atom. The molecule has 0 radical (unpaired) electrons. The number of halogens is 4. The number of aromatic nitrogens is 2. The van der Waals surface area contributed by atoms with E-state index in [9.17, 15) is 27.2 Å². The van der Waals surface area contributed by atoms with Gasteiger partial charge in [-0.2, -0.15) is 13.2 Å². The van der Waals surface area contributed by atoms with E-state index in [0.717, 1.165) is 29.9 Å². The summed E-state index contributed by atoms with van der Waals surface area (Å²) < 4.78 is 51.8. The molecule has 34 heavy (non-hydrogen) atoms. The molecule has 1 fully saturated rings. The first kappa shape index (κ1) is 23.6. The Morgan fingerprint density at radius 3 is 2.53 bits per heavy atom. The molecule has 178 valence electrons. The van der Waals surface area contributed by atoms with E-state index in [1.54, 1.807) is 0 Å². The van der Waals surface area contributed by atoms with E-state index in [1.807, 2.05) is 0 Å². The fourth-order valence-corrected chi connectivity index (χ4v) is 4.41. The van der Waals surface area contributed by atoms with Crippen molar-refractivity contribution in [3.63, 3.8) is 0 Å². The van der Waals surface area contributed by atoms with Crippen molar-refractivity contribution < 1.29 is 27.2 Å². The van der Waals surface area contributed by atoms with Crippen LogP contribution in [0.2, 0.25) is 0 Å². The highest BCUT2D eigenvalue weighted by atomic mass is 32.1. The van der Waals surface area contributed by atoms with Crippen molar-refractivity contribution in [2.45, 2.75) is 24.9 Å². The average molecular weight is 493 g/mol. The first-order valence-electron chi connectivity index (χ1n) is 10.3. The summed E-state index contributed by atoms with van der Waals surface area (Å²) >= 11 is 1.10. The van der Waals surface area contributed by atoms with E-state index in [0.29, 0.717) is 30.2 Å². The van der Waals surface area contributed by atoms with Crippen LogP contribution in [0.15, 0.2) is 48.5 Å². The number of likely N-dealkylation sites (tertiary alicyclic amines) is 1. The Bertz CT molecular complexity index is 1180. The van der Waals surface area contributed by atoms with Gasteiger partial charge in [0.2, 0.25) is 5.01 Å². The molecule has 1 aromatic heterocycles. The van der Waals surface area contributed by atoms with Crippen molar-refractivity contribution >= 4 is 34.6 Å². The van der Waals surface area contributed by atoms with Gasteiger partial charge in [0.15, 0.2) is 0 Å². The second kappa shape index (κ2) is 9.75. The van der Waals surface area contributed by atoms with E-state index in [1.165, 1.54) is 41.3 Å². The molecule has 0 aliphatic carbocycles. The number of alkyl halides is 3. The third-order valence-corrected chi connectivity index (χ3v) is 6.32. The molecule has 0 unspecified atom stereocenters. The first-order chi connectivity index (χ1) is 16.2. The van der Waals surface area contributed by atoms with Gasteiger partial charge in [0.25, 0.3) is 5.91 Å². The van der Waals surface area contributed by atoms with Crippen LogP contribution in [0.5, 0.6) is 0 Å². The zero-order valence-electron chi connectivity index (χ0n) is 17.6. The fraction of sp³-hybridized carbons (Fsp3) is 0.273. The van der Waals surface area contributed by atoms with Crippen molar-refractivity contribution in [1.82, 2.24) is 15.1 Å². The van der Waals surface area contributed by atoms with Crippen LogP contribution in [0.1, 0.15) is 39.1 Å². The minimum atomic E-state index is -4.50. The molecule has 4 rings (SSSR count). The molecule has 12 heteroatoms. The summed E-state index contributed by atoms with van der Waals surface area (Å²) in [5.41, 5.74) is -0.377. The van der Waals surface area contributed by atoms with Gasteiger partial charge in [-0.3, -0.25) is 4.79 Å². The molecule has 1 saturated heterocycles. The Balaban J connectivity index is 1.38. The number of benzene rings is 2. The number of urea groups is 1. The van der Waals surface area contributed by atoms with Crippen LogP contribution in [-0.4, -0.2) is 40.1 Å². The second-order valence-electron chi connectivity index (χ2n) is 7.70. The first-order valence-corrected chi connectivity index (χ1v) is 11.1. The van der Waals surface area contributed by atoms with Crippen LogP contribution in [-0.2, 0) is 6.18 Å². The topological polar surface area (TPSA) is 87.2 Å². The van der Waals surface area contributed by atoms with Gasteiger partial charge in [-0.25, -0.2) is 9.18 Å². The molecular formula is C22H19F4N5O2S. The lowest BCUT2D eigenvalue weighted by Crippen LogP contribution is -2.41. The number of carbonyl (C=O) groups is 2. The molecule has 2 N–H and O–H groups in total. The van der Waals surface area contributed by atoms with Gasteiger partial charge in [-0.1, -0.05) is 17.4 Å². The minimum absolute atomic E-state index is 0.0533. The van der Waals surface area contributed by atoms with E-state index >= 15 is 0 Å². The van der Waals surface area contributed by atoms with Crippen LogP contribution < -0.4 is 10.6 Å². The Kier molecular flexibility index (Phi) is 6.77. The summed E-state index contributed by atoms with van der Waals surface area (Å²) in [7, 11) is 0. The lowest BCUT2D eigenvalue weighted by atomic mass is 9.99.